The molecule has 0 spiro atoms. The Bertz CT molecular complexity index is 116. The van der Waals surface area contributed by atoms with Crippen LogP contribution >= 0.6 is 0 Å². The molecule has 62 valence electrons. The van der Waals surface area contributed by atoms with Crippen molar-refractivity contribution in [1.82, 2.24) is 0 Å². The zero-order valence-electron chi connectivity index (χ0n) is 7.71. The van der Waals surface area contributed by atoms with Gasteiger partial charge in [-0.3, -0.25) is 0 Å². The number of allylic oxidation sites excluding steroid dienone is 4. The van der Waals surface area contributed by atoms with Crippen molar-refractivity contribution in [2.24, 2.45) is 0 Å². The second kappa shape index (κ2) is 7.61. The maximum atomic E-state index is 5.25. The zero-order chi connectivity index (χ0) is 8.53. The molecular weight excluding hydrogens is 135 g/mol. The Labute approximate surface area is 70.3 Å². The van der Waals surface area contributed by atoms with Gasteiger partial charge in [0, 0.05) is 7.11 Å². The Balaban J connectivity index is 3.57. The lowest BCUT2D eigenvalue weighted by Crippen LogP contribution is -2.12. The van der Waals surface area contributed by atoms with E-state index in [0.717, 1.165) is 12.6 Å². The van der Waals surface area contributed by atoms with Gasteiger partial charge in [-0.25, -0.2) is 0 Å². The molecule has 0 aromatic heterocycles. The predicted molar refractivity (Wildman–Crippen MR) is 52.0 cm³/mol. The molecule has 0 rings (SSSR count). The van der Waals surface area contributed by atoms with E-state index >= 15 is 0 Å². The first kappa shape index (κ1) is 10.5. The molecule has 0 atom stereocenters. The molecule has 0 heterocycles. The van der Waals surface area contributed by atoms with Crippen LogP contribution in [0.3, 0.4) is 0 Å². The van der Waals surface area contributed by atoms with Crippen LogP contribution in [-0.2, 0) is 4.65 Å². The van der Waals surface area contributed by atoms with Gasteiger partial charge in [-0.05, 0) is 26.5 Å². The van der Waals surface area contributed by atoms with Crippen molar-refractivity contribution in [2.75, 3.05) is 7.11 Å². The summed E-state index contributed by atoms with van der Waals surface area (Å²) in [6, 6.07) is 0. The normalized spacial score (nSPS) is 11.5. The summed E-state index contributed by atoms with van der Waals surface area (Å²) in [6.07, 6.45) is 10.4. The maximum absolute atomic E-state index is 5.25. The molecule has 11 heavy (non-hydrogen) atoms. The van der Waals surface area contributed by atoms with E-state index in [4.69, 9.17) is 4.65 Å². The Morgan fingerprint density at radius 1 is 1.09 bits per heavy atom. The van der Waals surface area contributed by atoms with Crippen molar-refractivity contribution in [3.8, 4) is 0 Å². The Morgan fingerprint density at radius 3 is 1.82 bits per heavy atom. The molecule has 0 amide bonds. The Hall–Kier alpha value is -0.495. The second-order valence-corrected chi connectivity index (χ2v) is 2.47. The van der Waals surface area contributed by atoms with Gasteiger partial charge in [-0.1, -0.05) is 24.3 Å². The lowest BCUT2D eigenvalue weighted by atomic mass is 9.61. The van der Waals surface area contributed by atoms with Crippen molar-refractivity contribution in [3.05, 3.63) is 24.3 Å². The summed E-state index contributed by atoms with van der Waals surface area (Å²) in [6.45, 7) is 4.41. The SMILES string of the molecule is CC=CCB(CC=CC)OC. The summed E-state index contributed by atoms with van der Waals surface area (Å²) in [5.74, 6) is 0. The third-order valence-electron chi connectivity index (χ3n) is 1.60. The Kier molecular flexibility index (Phi) is 7.27. The third-order valence-corrected chi connectivity index (χ3v) is 1.60. The molecule has 0 aliphatic heterocycles. The zero-order valence-corrected chi connectivity index (χ0v) is 7.71. The average Bonchev–Trinajstić information content (AvgIpc) is 2.05. The minimum absolute atomic E-state index is 0.349. The van der Waals surface area contributed by atoms with Crippen LogP contribution in [0.5, 0.6) is 0 Å². The molecule has 0 aromatic carbocycles. The van der Waals surface area contributed by atoms with Crippen LogP contribution in [0.4, 0.5) is 0 Å². The molecule has 0 aliphatic rings. The monoisotopic (exact) mass is 152 g/mol. The molecule has 1 nitrogen and oxygen atoms in total. The van der Waals surface area contributed by atoms with Crippen LogP contribution in [0.1, 0.15) is 13.8 Å². The highest BCUT2D eigenvalue weighted by Gasteiger charge is 2.08. The molecular formula is C9H17BO. The van der Waals surface area contributed by atoms with E-state index in [1.165, 1.54) is 0 Å². The van der Waals surface area contributed by atoms with E-state index in [2.05, 4.69) is 24.3 Å². The average molecular weight is 152 g/mol. The summed E-state index contributed by atoms with van der Waals surface area (Å²) < 4.78 is 5.25. The van der Waals surface area contributed by atoms with Gasteiger partial charge in [0.15, 0.2) is 0 Å². The summed E-state index contributed by atoms with van der Waals surface area (Å²) in [4.78, 5) is 0. The van der Waals surface area contributed by atoms with Crippen molar-refractivity contribution >= 4 is 6.92 Å². The number of hydrogen-bond acceptors (Lipinski definition) is 1. The molecule has 0 aromatic rings. The minimum Gasteiger partial charge on any atom is -0.438 e. The fourth-order valence-corrected chi connectivity index (χ4v) is 0.864. The highest BCUT2D eigenvalue weighted by Crippen LogP contribution is 2.02. The van der Waals surface area contributed by atoms with Gasteiger partial charge < -0.3 is 4.65 Å². The summed E-state index contributed by atoms with van der Waals surface area (Å²) >= 11 is 0. The van der Waals surface area contributed by atoms with E-state index in [-0.39, 0.29) is 0 Å². The summed E-state index contributed by atoms with van der Waals surface area (Å²) in [7, 11) is 1.76. The van der Waals surface area contributed by atoms with E-state index in [9.17, 15) is 0 Å². The van der Waals surface area contributed by atoms with Crippen LogP contribution in [0.25, 0.3) is 0 Å². The third kappa shape index (κ3) is 5.93. The van der Waals surface area contributed by atoms with Crippen LogP contribution < -0.4 is 0 Å². The van der Waals surface area contributed by atoms with Crippen molar-refractivity contribution in [2.45, 2.75) is 26.5 Å². The highest BCUT2D eigenvalue weighted by atomic mass is 16.4. The highest BCUT2D eigenvalue weighted by molar-refractivity contribution is 6.52. The standard InChI is InChI=1S/C9H17BO/c1-4-6-8-10(11-3)9-7-5-2/h4-7H,8-9H2,1-3H3. The molecule has 0 fully saturated rings. The van der Waals surface area contributed by atoms with Crippen molar-refractivity contribution < 1.29 is 4.65 Å². The summed E-state index contributed by atoms with van der Waals surface area (Å²) in [5, 5.41) is 0. The van der Waals surface area contributed by atoms with Crippen molar-refractivity contribution in [1.29, 1.82) is 0 Å². The quantitative estimate of drug-likeness (QED) is 0.434. The molecule has 2 heteroatoms. The Morgan fingerprint density at radius 2 is 1.55 bits per heavy atom. The molecule has 0 aliphatic carbocycles. The van der Waals surface area contributed by atoms with Gasteiger partial charge >= 0.3 is 0 Å². The van der Waals surface area contributed by atoms with Gasteiger partial charge in [-0.15, -0.1) is 0 Å². The topological polar surface area (TPSA) is 9.23 Å². The fourth-order valence-electron chi connectivity index (χ4n) is 0.864. The van der Waals surface area contributed by atoms with Gasteiger partial charge in [0.05, 0.1) is 0 Å². The molecule has 0 unspecified atom stereocenters. The molecule has 0 saturated carbocycles. The fraction of sp³-hybridized carbons (Fsp3) is 0.556. The molecule has 0 N–H and O–H groups in total. The van der Waals surface area contributed by atoms with Crippen LogP contribution in [0.15, 0.2) is 24.3 Å². The second-order valence-electron chi connectivity index (χ2n) is 2.47. The number of rotatable bonds is 5. The van der Waals surface area contributed by atoms with E-state index in [1.807, 2.05) is 13.8 Å². The molecule has 0 bridgehead atoms. The smallest absolute Gasteiger partial charge is 0.300 e. The lowest BCUT2D eigenvalue weighted by molar-refractivity contribution is 0.423. The van der Waals surface area contributed by atoms with Gasteiger partial charge in [0.2, 0.25) is 0 Å². The molecule has 0 radical (unpaired) electrons. The van der Waals surface area contributed by atoms with Gasteiger partial charge in [-0.2, -0.15) is 0 Å². The van der Waals surface area contributed by atoms with E-state index < -0.39 is 0 Å². The van der Waals surface area contributed by atoms with Crippen LogP contribution in [0.2, 0.25) is 12.6 Å². The predicted octanol–water partition coefficient (Wildman–Crippen LogP) is 2.78. The molecule has 0 saturated heterocycles. The first-order chi connectivity index (χ1) is 5.35. The van der Waals surface area contributed by atoms with Crippen LogP contribution in [0, 0.1) is 0 Å². The van der Waals surface area contributed by atoms with Gasteiger partial charge in [0.25, 0.3) is 6.92 Å². The van der Waals surface area contributed by atoms with E-state index in [0.29, 0.717) is 6.92 Å². The van der Waals surface area contributed by atoms with Crippen LogP contribution in [-0.4, -0.2) is 14.0 Å². The number of hydrogen-bond donors (Lipinski definition) is 0. The van der Waals surface area contributed by atoms with Crippen molar-refractivity contribution in [3.63, 3.8) is 0 Å². The van der Waals surface area contributed by atoms with Gasteiger partial charge in [0.1, 0.15) is 0 Å². The largest absolute Gasteiger partial charge is 0.438 e. The first-order valence-corrected chi connectivity index (χ1v) is 4.10. The summed E-state index contributed by atoms with van der Waals surface area (Å²) in [5.41, 5.74) is 0. The maximum Gasteiger partial charge on any atom is 0.300 e. The first-order valence-electron chi connectivity index (χ1n) is 4.10. The van der Waals surface area contributed by atoms with E-state index in [1.54, 1.807) is 7.11 Å². The lowest BCUT2D eigenvalue weighted by Gasteiger charge is -2.04. The minimum atomic E-state index is 0.349.